The normalized spacial score (nSPS) is 21.4. The average Bonchev–Trinajstić information content (AvgIpc) is 3.03. The minimum atomic E-state index is -0.320. The number of methoxy groups -OCH3 is 1. The minimum absolute atomic E-state index is 0.0419. The molecule has 2 unspecified atom stereocenters. The Kier molecular flexibility index (Phi) is 5.93. The van der Waals surface area contributed by atoms with Crippen LogP contribution in [0.25, 0.3) is 5.57 Å². The molecule has 0 aliphatic carbocycles. The van der Waals surface area contributed by atoms with Crippen LogP contribution >= 0.6 is 0 Å². The van der Waals surface area contributed by atoms with E-state index < -0.39 is 0 Å². The summed E-state index contributed by atoms with van der Waals surface area (Å²) in [5.41, 5.74) is 3.08. The molecule has 4 rings (SSSR count). The fraction of sp³-hybridized carbons (Fsp3) is 0.360. The fourth-order valence-electron chi connectivity index (χ4n) is 4.32. The monoisotopic (exact) mass is 435 g/mol. The second kappa shape index (κ2) is 8.67. The number of carbonyl (C=O) groups is 2. The van der Waals surface area contributed by atoms with Crippen LogP contribution in [0.3, 0.4) is 0 Å². The highest BCUT2D eigenvalue weighted by Gasteiger charge is 2.43. The molecular weight excluding hydrogens is 406 g/mol. The summed E-state index contributed by atoms with van der Waals surface area (Å²) in [4.78, 5) is 32.6. The van der Waals surface area contributed by atoms with E-state index in [-0.39, 0.29) is 24.0 Å². The number of carbonyl (C=O) groups excluding carboxylic acids is 2. The number of amides is 2. The summed E-state index contributed by atoms with van der Waals surface area (Å²) in [7, 11) is 5.49. The summed E-state index contributed by atoms with van der Waals surface area (Å²) in [6.07, 6.45) is -0.0839. The lowest BCUT2D eigenvalue weighted by Crippen LogP contribution is -2.47. The third kappa shape index (κ3) is 3.96. The Labute approximate surface area is 188 Å². The smallest absolute Gasteiger partial charge is 0.282 e. The number of morpholine rings is 1. The topological polar surface area (TPSA) is 62.3 Å². The summed E-state index contributed by atoms with van der Waals surface area (Å²) in [5, 5.41) is 0. The highest BCUT2D eigenvalue weighted by Crippen LogP contribution is 2.36. The molecule has 1 fully saturated rings. The molecule has 0 radical (unpaired) electrons. The second-order valence-electron chi connectivity index (χ2n) is 8.47. The Bertz CT molecular complexity index is 1030. The van der Waals surface area contributed by atoms with Gasteiger partial charge in [-0.05, 0) is 55.8 Å². The first-order valence-electron chi connectivity index (χ1n) is 10.8. The van der Waals surface area contributed by atoms with Crippen molar-refractivity contribution >= 4 is 28.8 Å². The van der Waals surface area contributed by atoms with E-state index in [2.05, 4.69) is 0 Å². The molecular formula is C25H29N3O4. The van der Waals surface area contributed by atoms with Crippen LogP contribution in [0.2, 0.25) is 0 Å². The molecule has 2 amide bonds. The summed E-state index contributed by atoms with van der Waals surface area (Å²) >= 11 is 0. The Balaban J connectivity index is 1.78. The van der Waals surface area contributed by atoms with Gasteiger partial charge in [0.2, 0.25) is 0 Å². The summed E-state index contributed by atoms with van der Waals surface area (Å²) in [5.74, 6) is 0.0664. The van der Waals surface area contributed by atoms with Crippen molar-refractivity contribution in [3.05, 3.63) is 59.8 Å². The van der Waals surface area contributed by atoms with Gasteiger partial charge in [-0.15, -0.1) is 0 Å². The molecule has 7 nitrogen and oxygen atoms in total. The van der Waals surface area contributed by atoms with Gasteiger partial charge in [-0.1, -0.05) is 12.1 Å². The van der Waals surface area contributed by atoms with Gasteiger partial charge in [0, 0.05) is 32.9 Å². The van der Waals surface area contributed by atoms with Crippen LogP contribution in [0, 0.1) is 0 Å². The van der Waals surface area contributed by atoms with E-state index in [0.717, 1.165) is 5.69 Å². The van der Waals surface area contributed by atoms with E-state index >= 15 is 0 Å². The molecule has 2 aliphatic heterocycles. The zero-order valence-electron chi connectivity index (χ0n) is 19.2. The lowest BCUT2D eigenvalue weighted by molar-refractivity contribution is -0.121. The quantitative estimate of drug-likeness (QED) is 0.673. The van der Waals surface area contributed by atoms with Crippen molar-refractivity contribution in [3.8, 4) is 5.75 Å². The first kappa shape index (κ1) is 21.9. The van der Waals surface area contributed by atoms with Gasteiger partial charge >= 0.3 is 0 Å². The molecule has 2 atom stereocenters. The van der Waals surface area contributed by atoms with E-state index in [4.69, 9.17) is 9.47 Å². The summed E-state index contributed by atoms with van der Waals surface area (Å²) < 4.78 is 11.1. The first-order valence-corrected chi connectivity index (χ1v) is 10.8. The number of imide groups is 1. The maximum Gasteiger partial charge on any atom is 0.282 e. The molecule has 2 aromatic carbocycles. The molecule has 7 heteroatoms. The van der Waals surface area contributed by atoms with E-state index in [1.54, 1.807) is 19.2 Å². The van der Waals surface area contributed by atoms with Crippen molar-refractivity contribution in [3.63, 3.8) is 0 Å². The number of rotatable bonds is 5. The van der Waals surface area contributed by atoms with Crippen molar-refractivity contribution in [1.29, 1.82) is 0 Å². The van der Waals surface area contributed by atoms with Gasteiger partial charge in [0.1, 0.15) is 11.4 Å². The number of ether oxygens (including phenoxy) is 2. The van der Waals surface area contributed by atoms with E-state index in [1.807, 2.05) is 74.1 Å². The number of anilines is 2. The van der Waals surface area contributed by atoms with E-state index in [0.29, 0.717) is 41.4 Å². The van der Waals surface area contributed by atoms with Gasteiger partial charge in [0.15, 0.2) is 0 Å². The number of benzene rings is 2. The van der Waals surface area contributed by atoms with Gasteiger partial charge in [0.25, 0.3) is 11.8 Å². The largest absolute Gasteiger partial charge is 0.497 e. The minimum Gasteiger partial charge on any atom is -0.497 e. The fourth-order valence-corrected chi connectivity index (χ4v) is 4.32. The number of nitrogens with zero attached hydrogens (tertiary/aromatic N) is 3. The second-order valence-corrected chi connectivity index (χ2v) is 8.47. The van der Waals surface area contributed by atoms with Crippen molar-refractivity contribution in [2.75, 3.05) is 44.1 Å². The molecule has 2 heterocycles. The van der Waals surface area contributed by atoms with Crippen LogP contribution in [0.15, 0.2) is 54.2 Å². The highest BCUT2D eigenvalue weighted by molar-refractivity contribution is 6.45. The molecule has 1 saturated heterocycles. The third-order valence-corrected chi connectivity index (χ3v) is 5.80. The van der Waals surface area contributed by atoms with Crippen LogP contribution in [-0.4, -0.2) is 63.2 Å². The van der Waals surface area contributed by atoms with Crippen LogP contribution in [0.4, 0.5) is 11.4 Å². The predicted molar refractivity (Wildman–Crippen MR) is 125 cm³/mol. The SMILES string of the molecule is COc1ccc(C2=C(N3CC(C)OC(C)C3)C(=O)N(c3ccc(N(C)C)cc3)C2=O)cc1. The first-order chi connectivity index (χ1) is 15.3. The molecule has 2 aromatic rings. The Morgan fingerprint density at radius 2 is 1.50 bits per heavy atom. The van der Waals surface area contributed by atoms with Crippen LogP contribution in [-0.2, 0) is 14.3 Å². The van der Waals surface area contributed by atoms with Crippen LogP contribution < -0.4 is 14.5 Å². The average molecular weight is 436 g/mol. The highest BCUT2D eigenvalue weighted by atomic mass is 16.5. The molecule has 168 valence electrons. The third-order valence-electron chi connectivity index (χ3n) is 5.80. The summed E-state index contributed by atoms with van der Waals surface area (Å²) in [6, 6.07) is 14.7. The lowest BCUT2D eigenvalue weighted by Gasteiger charge is -2.37. The van der Waals surface area contributed by atoms with E-state index in [1.165, 1.54) is 4.90 Å². The van der Waals surface area contributed by atoms with E-state index in [9.17, 15) is 9.59 Å². The molecule has 0 spiro atoms. The van der Waals surface area contributed by atoms with Gasteiger partial charge in [0.05, 0.1) is 30.6 Å². The molecule has 2 aliphatic rings. The number of hydrogen-bond acceptors (Lipinski definition) is 6. The molecule has 0 N–H and O–H groups in total. The van der Waals surface area contributed by atoms with Crippen LogP contribution in [0.5, 0.6) is 5.75 Å². The zero-order valence-corrected chi connectivity index (χ0v) is 19.2. The van der Waals surface area contributed by atoms with Gasteiger partial charge in [-0.3, -0.25) is 9.59 Å². The van der Waals surface area contributed by atoms with Gasteiger partial charge in [-0.25, -0.2) is 4.90 Å². The van der Waals surface area contributed by atoms with Crippen molar-refractivity contribution in [2.24, 2.45) is 0 Å². The summed E-state index contributed by atoms with van der Waals surface area (Å²) in [6.45, 7) is 5.06. The standard InChI is InChI=1S/C25H29N3O4/c1-16-14-27(15-17(2)32-16)23-22(18-6-12-21(31-5)13-7-18)24(29)28(25(23)30)20-10-8-19(9-11-20)26(3)4/h6-13,16-17H,14-15H2,1-5H3. The van der Waals surface area contributed by atoms with Crippen molar-refractivity contribution < 1.29 is 19.1 Å². The van der Waals surface area contributed by atoms with Gasteiger partial charge in [-0.2, -0.15) is 0 Å². The maximum absolute atomic E-state index is 13.7. The van der Waals surface area contributed by atoms with Crippen molar-refractivity contribution in [2.45, 2.75) is 26.1 Å². The molecule has 32 heavy (non-hydrogen) atoms. The molecule has 0 bridgehead atoms. The lowest BCUT2D eigenvalue weighted by atomic mass is 10.0. The maximum atomic E-state index is 13.7. The Morgan fingerprint density at radius 1 is 0.906 bits per heavy atom. The van der Waals surface area contributed by atoms with Gasteiger partial charge < -0.3 is 19.3 Å². The number of hydrogen-bond donors (Lipinski definition) is 0. The van der Waals surface area contributed by atoms with Crippen LogP contribution in [0.1, 0.15) is 19.4 Å². The molecule has 0 aromatic heterocycles. The molecule has 0 saturated carbocycles. The Morgan fingerprint density at radius 3 is 2.03 bits per heavy atom. The Hall–Kier alpha value is -3.32. The zero-order chi connectivity index (χ0) is 23.0. The van der Waals surface area contributed by atoms with Crippen molar-refractivity contribution in [1.82, 2.24) is 4.90 Å². The predicted octanol–water partition coefficient (Wildman–Crippen LogP) is 3.15.